The molecule has 5 heteroatoms. The van der Waals surface area contributed by atoms with Gasteiger partial charge in [0.05, 0.1) is 12.1 Å². The molecule has 1 heterocycles. The highest BCUT2D eigenvalue weighted by atomic mass is 16.5. The summed E-state index contributed by atoms with van der Waals surface area (Å²) in [5, 5.41) is 2.85. The fraction of sp³-hybridized carbons (Fsp3) is 0.200. The Morgan fingerprint density at radius 3 is 2.44 bits per heavy atom. The van der Waals surface area contributed by atoms with Crippen LogP contribution in [0.2, 0.25) is 0 Å². The molecular formula is C20H20N2O3. The van der Waals surface area contributed by atoms with Gasteiger partial charge in [0.25, 0.3) is 0 Å². The molecule has 128 valence electrons. The van der Waals surface area contributed by atoms with Gasteiger partial charge in [0, 0.05) is 12.6 Å². The van der Waals surface area contributed by atoms with E-state index in [1.807, 2.05) is 61.5 Å². The van der Waals surface area contributed by atoms with Crippen LogP contribution in [0.5, 0.6) is 5.75 Å². The lowest BCUT2D eigenvalue weighted by atomic mass is 10.2. The SMILES string of the molecule is Cc1nc(C)c(CC(=O)Nc2ccc(OCc3ccccc3)cc2)o1. The number of carbonyl (C=O) groups excluding carboxylic acids is 1. The highest BCUT2D eigenvalue weighted by Gasteiger charge is 2.12. The number of ether oxygens (including phenoxy) is 1. The van der Waals surface area contributed by atoms with Crippen LogP contribution in [0.1, 0.15) is 22.9 Å². The lowest BCUT2D eigenvalue weighted by Crippen LogP contribution is -2.14. The quantitative estimate of drug-likeness (QED) is 0.737. The molecule has 0 saturated heterocycles. The lowest BCUT2D eigenvalue weighted by Gasteiger charge is -2.08. The summed E-state index contributed by atoms with van der Waals surface area (Å²) in [5.41, 5.74) is 2.57. The molecule has 2 aromatic carbocycles. The Morgan fingerprint density at radius 1 is 1.08 bits per heavy atom. The van der Waals surface area contributed by atoms with Crippen molar-refractivity contribution >= 4 is 11.6 Å². The number of oxazole rings is 1. The topological polar surface area (TPSA) is 64.4 Å². The van der Waals surface area contributed by atoms with Gasteiger partial charge in [-0.15, -0.1) is 0 Å². The van der Waals surface area contributed by atoms with Crippen molar-refractivity contribution in [1.82, 2.24) is 4.98 Å². The lowest BCUT2D eigenvalue weighted by molar-refractivity contribution is -0.115. The van der Waals surface area contributed by atoms with Gasteiger partial charge < -0.3 is 14.5 Å². The summed E-state index contributed by atoms with van der Waals surface area (Å²) in [7, 11) is 0. The Morgan fingerprint density at radius 2 is 1.80 bits per heavy atom. The highest BCUT2D eigenvalue weighted by Crippen LogP contribution is 2.18. The first-order valence-electron chi connectivity index (χ1n) is 8.10. The number of anilines is 1. The van der Waals surface area contributed by atoms with Gasteiger partial charge in [-0.3, -0.25) is 4.79 Å². The van der Waals surface area contributed by atoms with Crippen LogP contribution in [-0.2, 0) is 17.8 Å². The zero-order chi connectivity index (χ0) is 17.6. The molecule has 1 aromatic heterocycles. The van der Waals surface area contributed by atoms with Gasteiger partial charge in [-0.1, -0.05) is 30.3 Å². The molecule has 0 aliphatic rings. The van der Waals surface area contributed by atoms with Gasteiger partial charge in [0.1, 0.15) is 18.1 Å². The highest BCUT2D eigenvalue weighted by molar-refractivity contribution is 5.92. The van der Waals surface area contributed by atoms with Gasteiger partial charge in [0.2, 0.25) is 5.91 Å². The number of amides is 1. The molecule has 3 rings (SSSR count). The van der Waals surface area contributed by atoms with Crippen molar-refractivity contribution in [2.75, 3.05) is 5.32 Å². The fourth-order valence-electron chi connectivity index (χ4n) is 2.46. The number of hydrogen-bond donors (Lipinski definition) is 1. The number of hydrogen-bond acceptors (Lipinski definition) is 4. The molecule has 0 aliphatic heterocycles. The smallest absolute Gasteiger partial charge is 0.232 e. The molecule has 0 radical (unpaired) electrons. The number of aryl methyl sites for hydroxylation is 2. The van der Waals surface area contributed by atoms with Crippen LogP contribution in [0.25, 0.3) is 0 Å². The van der Waals surface area contributed by atoms with E-state index in [2.05, 4.69) is 10.3 Å². The van der Waals surface area contributed by atoms with Crippen LogP contribution in [0.4, 0.5) is 5.69 Å². The van der Waals surface area contributed by atoms with Crippen molar-refractivity contribution in [3.63, 3.8) is 0 Å². The first kappa shape index (κ1) is 16.8. The third-order valence-corrected chi connectivity index (χ3v) is 3.71. The minimum absolute atomic E-state index is 0.141. The summed E-state index contributed by atoms with van der Waals surface area (Å²) < 4.78 is 11.2. The van der Waals surface area contributed by atoms with Crippen LogP contribution < -0.4 is 10.1 Å². The summed E-state index contributed by atoms with van der Waals surface area (Å²) >= 11 is 0. The molecule has 0 unspecified atom stereocenters. The van der Waals surface area contributed by atoms with Crippen LogP contribution in [0.3, 0.4) is 0 Å². The summed E-state index contributed by atoms with van der Waals surface area (Å²) in [6, 6.07) is 17.3. The summed E-state index contributed by atoms with van der Waals surface area (Å²) in [5.74, 6) is 1.78. The van der Waals surface area contributed by atoms with Crippen molar-refractivity contribution < 1.29 is 13.9 Å². The second-order valence-corrected chi connectivity index (χ2v) is 5.77. The molecule has 0 saturated carbocycles. The van der Waals surface area contributed by atoms with Crippen LogP contribution in [0.15, 0.2) is 59.0 Å². The van der Waals surface area contributed by atoms with Gasteiger partial charge in [-0.2, -0.15) is 0 Å². The Balaban J connectivity index is 1.53. The predicted octanol–water partition coefficient (Wildman–Crippen LogP) is 4.05. The minimum atomic E-state index is -0.141. The molecule has 25 heavy (non-hydrogen) atoms. The van der Waals surface area contributed by atoms with Crippen molar-refractivity contribution in [3.05, 3.63) is 77.5 Å². The van der Waals surface area contributed by atoms with E-state index in [0.717, 1.165) is 17.0 Å². The number of carbonyl (C=O) groups is 1. The zero-order valence-electron chi connectivity index (χ0n) is 14.3. The van der Waals surface area contributed by atoms with E-state index in [-0.39, 0.29) is 12.3 Å². The maximum absolute atomic E-state index is 12.1. The second-order valence-electron chi connectivity index (χ2n) is 5.77. The molecule has 1 amide bonds. The maximum atomic E-state index is 12.1. The third-order valence-electron chi connectivity index (χ3n) is 3.71. The second kappa shape index (κ2) is 7.66. The van der Waals surface area contributed by atoms with Gasteiger partial charge in [-0.05, 0) is 36.8 Å². The van der Waals surface area contributed by atoms with Crippen molar-refractivity contribution in [2.45, 2.75) is 26.9 Å². The Labute approximate surface area is 146 Å². The zero-order valence-corrected chi connectivity index (χ0v) is 14.3. The molecule has 0 fully saturated rings. The Hall–Kier alpha value is -3.08. The van der Waals surface area contributed by atoms with E-state index in [0.29, 0.717) is 23.9 Å². The standard InChI is InChI=1S/C20H20N2O3/c1-14-19(25-15(2)21-14)12-20(23)22-17-8-10-18(11-9-17)24-13-16-6-4-3-5-7-16/h3-11H,12-13H2,1-2H3,(H,22,23). The molecular weight excluding hydrogens is 316 g/mol. The van der Waals surface area contributed by atoms with E-state index in [1.54, 1.807) is 6.92 Å². The van der Waals surface area contributed by atoms with Crippen LogP contribution >= 0.6 is 0 Å². The number of rotatable bonds is 6. The number of benzene rings is 2. The number of nitrogens with one attached hydrogen (secondary N) is 1. The Kier molecular flexibility index (Phi) is 5.14. The number of nitrogens with zero attached hydrogens (tertiary/aromatic N) is 1. The summed E-state index contributed by atoms with van der Waals surface area (Å²) in [6.07, 6.45) is 0.166. The molecule has 0 atom stereocenters. The predicted molar refractivity (Wildman–Crippen MR) is 95.5 cm³/mol. The third kappa shape index (κ3) is 4.70. The first-order chi connectivity index (χ1) is 12.1. The number of aromatic nitrogens is 1. The average molecular weight is 336 g/mol. The monoisotopic (exact) mass is 336 g/mol. The van der Waals surface area contributed by atoms with E-state index < -0.39 is 0 Å². The van der Waals surface area contributed by atoms with Crippen molar-refractivity contribution in [2.24, 2.45) is 0 Å². The van der Waals surface area contributed by atoms with Crippen LogP contribution in [-0.4, -0.2) is 10.9 Å². The first-order valence-corrected chi connectivity index (χ1v) is 8.10. The normalized spacial score (nSPS) is 10.5. The summed E-state index contributed by atoms with van der Waals surface area (Å²) in [4.78, 5) is 16.3. The van der Waals surface area contributed by atoms with Gasteiger partial charge in [0.15, 0.2) is 5.89 Å². The van der Waals surface area contributed by atoms with Crippen molar-refractivity contribution in [3.8, 4) is 5.75 Å². The Bertz CT molecular complexity index is 839. The summed E-state index contributed by atoms with van der Waals surface area (Å²) in [6.45, 7) is 4.11. The van der Waals surface area contributed by atoms with E-state index in [4.69, 9.17) is 9.15 Å². The molecule has 0 bridgehead atoms. The van der Waals surface area contributed by atoms with Crippen LogP contribution in [0, 0.1) is 13.8 Å². The van der Waals surface area contributed by atoms with Crippen molar-refractivity contribution in [1.29, 1.82) is 0 Å². The molecule has 1 N–H and O–H groups in total. The van der Waals surface area contributed by atoms with E-state index >= 15 is 0 Å². The fourth-order valence-corrected chi connectivity index (χ4v) is 2.46. The molecule has 0 spiro atoms. The minimum Gasteiger partial charge on any atom is -0.489 e. The molecule has 0 aliphatic carbocycles. The van der Waals surface area contributed by atoms with E-state index in [1.165, 1.54) is 0 Å². The van der Waals surface area contributed by atoms with E-state index in [9.17, 15) is 4.79 Å². The average Bonchev–Trinajstić information content (AvgIpc) is 2.92. The molecule has 5 nitrogen and oxygen atoms in total. The largest absolute Gasteiger partial charge is 0.489 e. The maximum Gasteiger partial charge on any atom is 0.232 e. The van der Waals surface area contributed by atoms with Gasteiger partial charge >= 0.3 is 0 Å². The van der Waals surface area contributed by atoms with Gasteiger partial charge in [-0.25, -0.2) is 4.98 Å². The molecule has 3 aromatic rings.